The van der Waals surface area contributed by atoms with Gasteiger partial charge in [-0.1, -0.05) is 0 Å². The van der Waals surface area contributed by atoms with E-state index in [0.717, 1.165) is 35.0 Å². The van der Waals surface area contributed by atoms with Crippen LogP contribution in [0.4, 0.5) is 4.39 Å². The number of rotatable bonds is 4. The predicted molar refractivity (Wildman–Crippen MR) is 106 cm³/mol. The zero-order valence-electron chi connectivity index (χ0n) is 16.7. The van der Waals surface area contributed by atoms with E-state index in [1.165, 1.54) is 0 Å². The van der Waals surface area contributed by atoms with Crippen LogP contribution in [-0.4, -0.2) is 27.5 Å². The molecule has 29 heavy (non-hydrogen) atoms. The third kappa shape index (κ3) is 2.83. The third-order valence-corrected chi connectivity index (χ3v) is 6.09. The molecule has 0 spiro atoms. The molecule has 0 bridgehead atoms. The van der Waals surface area contributed by atoms with E-state index >= 15 is 4.39 Å². The fourth-order valence-corrected chi connectivity index (χ4v) is 4.30. The van der Waals surface area contributed by atoms with Gasteiger partial charge in [-0.15, -0.1) is 0 Å². The molecule has 4 heterocycles. The van der Waals surface area contributed by atoms with E-state index in [2.05, 4.69) is 15.3 Å². The molecule has 150 valence electrons. The van der Waals surface area contributed by atoms with Crippen LogP contribution in [0.3, 0.4) is 0 Å². The second-order valence-corrected chi connectivity index (χ2v) is 7.94. The maximum atomic E-state index is 15.0. The number of pyridine rings is 2. The van der Waals surface area contributed by atoms with Crippen molar-refractivity contribution in [3.8, 4) is 0 Å². The summed E-state index contributed by atoms with van der Waals surface area (Å²) < 4.78 is 22.7. The van der Waals surface area contributed by atoms with Gasteiger partial charge >= 0.3 is 0 Å². The minimum absolute atomic E-state index is 0.0586. The van der Waals surface area contributed by atoms with E-state index in [0.29, 0.717) is 29.4 Å². The number of hydrogen-bond acceptors (Lipinski definition) is 4. The summed E-state index contributed by atoms with van der Waals surface area (Å²) in [6, 6.07) is 2.87. The summed E-state index contributed by atoms with van der Waals surface area (Å²) in [5.41, 5.74) is 5.22. The van der Waals surface area contributed by atoms with Crippen LogP contribution < -0.4 is 5.32 Å². The van der Waals surface area contributed by atoms with E-state index in [1.807, 2.05) is 18.4 Å². The van der Waals surface area contributed by atoms with Crippen molar-refractivity contribution in [1.29, 1.82) is 0 Å². The Morgan fingerprint density at radius 1 is 1.31 bits per heavy atom. The Morgan fingerprint density at radius 3 is 2.79 bits per heavy atom. The maximum absolute atomic E-state index is 15.0. The Balaban J connectivity index is 1.71. The Bertz CT molecular complexity index is 1140. The molecule has 1 aliphatic heterocycles. The van der Waals surface area contributed by atoms with Crippen molar-refractivity contribution in [1.82, 2.24) is 19.9 Å². The minimum Gasteiger partial charge on any atom is -0.369 e. The van der Waals surface area contributed by atoms with Crippen molar-refractivity contribution >= 4 is 16.9 Å². The third-order valence-electron chi connectivity index (χ3n) is 6.09. The topological polar surface area (TPSA) is 69.0 Å². The Morgan fingerprint density at radius 2 is 2.10 bits per heavy atom. The molecule has 0 saturated heterocycles. The van der Waals surface area contributed by atoms with Crippen LogP contribution in [0.5, 0.6) is 0 Å². The lowest BCUT2D eigenvalue weighted by atomic mass is 10.1. The summed E-state index contributed by atoms with van der Waals surface area (Å²) in [6.07, 6.45) is 5.70. The molecule has 1 fully saturated rings. The summed E-state index contributed by atoms with van der Waals surface area (Å²) in [7, 11) is 1.58. The van der Waals surface area contributed by atoms with E-state index in [-0.39, 0.29) is 17.8 Å². The highest BCUT2D eigenvalue weighted by Gasteiger charge is 2.30. The molecule has 7 heteroatoms. The van der Waals surface area contributed by atoms with E-state index in [4.69, 9.17) is 4.74 Å². The SMILES string of the molecule is CNC(=O)c1cc2ncc3c(c2n1[C@H](C)c1ncc(C2CC2)cc1F)COC3C. The lowest BCUT2D eigenvalue weighted by Crippen LogP contribution is -2.24. The zero-order chi connectivity index (χ0) is 20.3. The Labute approximate surface area is 168 Å². The summed E-state index contributed by atoms with van der Waals surface area (Å²) in [5, 5.41) is 2.68. The Kier molecular flexibility index (Phi) is 4.17. The minimum atomic E-state index is -0.475. The number of carbonyl (C=O) groups excluding carboxylic acids is 1. The van der Waals surface area contributed by atoms with Crippen LogP contribution in [0, 0.1) is 5.82 Å². The van der Waals surface area contributed by atoms with Gasteiger partial charge in [-0.25, -0.2) is 4.39 Å². The molecule has 2 aliphatic rings. The highest BCUT2D eigenvalue weighted by Crippen LogP contribution is 2.41. The first kappa shape index (κ1) is 18.2. The number of nitrogens with one attached hydrogen (secondary N) is 1. The standard InChI is InChI=1S/C22H23FN4O2/c1-11(20-17(23)6-14(8-26-20)13-4-5-13)27-19(22(28)24-3)7-18-21(27)16-10-29-12(2)15(16)9-25-18/h6-9,11-13H,4-5,10H2,1-3H3,(H,24,28)/t11-,12?/m1/s1. The van der Waals surface area contributed by atoms with Crippen molar-refractivity contribution in [3.05, 3.63) is 58.4 Å². The number of ether oxygens (including phenoxy) is 1. The van der Waals surface area contributed by atoms with Crippen molar-refractivity contribution < 1.29 is 13.9 Å². The van der Waals surface area contributed by atoms with Gasteiger partial charge in [0.25, 0.3) is 5.91 Å². The highest BCUT2D eigenvalue weighted by molar-refractivity contribution is 5.98. The van der Waals surface area contributed by atoms with Crippen LogP contribution in [0.1, 0.15) is 77.6 Å². The second kappa shape index (κ2) is 6.62. The molecule has 3 aromatic rings. The van der Waals surface area contributed by atoms with Gasteiger partial charge in [0.05, 0.1) is 35.5 Å². The lowest BCUT2D eigenvalue weighted by Gasteiger charge is -2.20. The number of fused-ring (bicyclic) bond motifs is 3. The van der Waals surface area contributed by atoms with Gasteiger partial charge in [-0.2, -0.15) is 0 Å². The molecule has 6 nitrogen and oxygen atoms in total. The molecule has 1 unspecified atom stereocenters. The fourth-order valence-electron chi connectivity index (χ4n) is 4.30. The monoisotopic (exact) mass is 394 g/mol. The number of hydrogen-bond donors (Lipinski definition) is 1. The lowest BCUT2D eigenvalue weighted by molar-refractivity contribution is 0.0797. The molecule has 0 aromatic carbocycles. The first-order valence-corrected chi connectivity index (χ1v) is 10.0. The average molecular weight is 394 g/mol. The van der Waals surface area contributed by atoms with Gasteiger partial charge in [0.2, 0.25) is 0 Å². The number of aromatic nitrogens is 3. The summed E-state index contributed by atoms with van der Waals surface area (Å²) in [5.74, 6) is -0.149. The molecule has 1 aliphatic carbocycles. The summed E-state index contributed by atoms with van der Waals surface area (Å²) in [4.78, 5) is 21.6. The van der Waals surface area contributed by atoms with Gasteiger partial charge in [0.1, 0.15) is 11.5 Å². The molecule has 0 radical (unpaired) electrons. The van der Waals surface area contributed by atoms with Gasteiger partial charge in [-0.3, -0.25) is 14.8 Å². The first-order valence-electron chi connectivity index (χ1n) is 10.0. The van der Waals surface area contributed by atoms with Crippen LogP contribution in [0.15, 0.2) is 24.5 Å². The van der Waals surface area contributed by atoms with Crippen molar-refractivity contribution in [2.24, 2.45) is 0 Å². The molecular formula is C22H23FN4O2. The number of amides is 1. The fraction of sp³-hybridized carbons (Fsp3) is 0.409. The first-order chi connectivity index (χ1) is 14.0. The normalized spacial score (nSPS) is 19.4. The molecule has 5 rings (SSSR count). The van der Waals surface area contributed by atoms with Crippen LogP contribution in [-0.2, 0) is 11.3 Å². The zero-order valence-corrected chi connectivity index (χ0v) is 16.7. The molecule has 2 atom stereocenters. The van der Waals surface area contributed by atoms with E-state index < -0.39 is 6.04 Å². The van der Waals surface area contributed by atoms with Crippen molar-refractivity contribution in [2.45, 2.75) is 51.4 Å². The molecule has 1 saturated carbocycles. The molecule has 3 aromatic heterocycles. The Hall–Kier alpha value is -2.80. The number of halogens is 1. The maximum Gasteiger partial charge on any atom is 0.267 e. The predicted octanol–water partition coefficient (Wildman–Crippen LogP) is 4.01. The van der Waals surface area contributed by atoms with Crippen molar-refractivity contribution in [3.63, 3.8) is 0 Å². The summed E-state index contributed by atoms with van der Waals surface area (Å²) >= 11 is 0. The van der Waals surface area contributed by atoms with Gasteiger partial charge in [-0.05, 0) is 50.3 Å². The number of carbonyl (C=O) groups is 1. The summed E-state index contributed by atoms with van der Waals surface area (Å²) in [6.45, 7) is 4.29. The molecule has 1 N–H and O–H groups in total. The van der Waals surface area contributed by atoms with Crippen LogP contribution in [0.2, 0.25) is 0 Å². The molecule has 1 amide bonds. The van der Waals surface area contributed by atoms with Gasteiger partial charge in [0, 0.05) is 30.6 Å². The second-order valence-electron chi connectivity index (χ2n) is 7.94. The van der Waals surface area contributed by atoms with E-state index in [1.54, 1.807) is 31.6 Å². The average Bonchev–Trinajstić information content (AvgIpc) is 3.40. The smallest absolute Gasteiger partial charge is 0.267 e. The van der Waals surface area contributed by atoms with E-state index in [9.17, 15) is 4.79 Å². The van der Waals surface area contributed by atoms with Gasteiger partial charge in [0.15, 0.2) is 0 Å². The quantitative estimate of drug-likeness (QED) is 0.726. The largest absolute Gasteiger partial charge is 0.369 e. The highest BCUT2D eigenvalue weighted by atomic mass is 19.1. The van der Waals surface area contributed by atoms with Crippen molar-refractivity contribution in [2.75, 3.05) is 7.05 Å². The van der Waals surface area contributed by atoms with Crippen LogP contribution in [0.25, 0.3) is 11.0 Å². The number of nitrogens with zero attached hydrogens (tertiary/aromatic N) is 3. The van der Waals surface area contributed by atoms with Crippen LogP contribution >= 0.6 is 0 Å². The van der Waals surface area contributed by atoms with Gasteiger partial charge < -0.3 is 14.6 Å². The molecular weight excluding hydrogens is 371 g/mol.